The molecule has 0 amide bonds. The molecule has 1 nitrogen and oxygen atoms in total. The van der Waals surface area contributed by atoms with E-state index >= 15 is 0 Å². The zero-order chi connectivity index (χ0) is 19.8. The van der Waals surface area contributed by atoms with E-state index in [0.717, 1.165) is 4.47 Å². The number of carbonyl (C=O) groups excluding carboxylic acids is 1. The van der Waals surface area contributed by atoms with E-state index in [2.05, 4.69) is 31.9 Å². The maximum Gasteiger partial charge on any atom is 0.249 e. The van der Waals surface area contributed by atoms with Gasteiger partial charge >= 0.3 is 0 Å². The Morgan fingerprint density at radius 3 is 1.63 bits per heavy atom. The summed E-state index contributed by atoms with van der Waals surface area (Å²) in [7, 11) is 0. The molecule has 2 aromatic carbocycles. The molecule has 0 aliphatic heterocycles. The van der Waals surface area contributed by atoms with Crippen LogP contribution in [0.5, 0.6) is 0 Å². The zero-order valence-electron chi connectivity index (χ0n) is 14.1. The Labute approximate surface area is 171 Å². The number of rotatable bonds is 2. The van der Waals surface area contributed by atoms with Crippen LogP contribution in [-0.2, 0) is 4.79 Å². The fourth-order valence-electron chi connectivity index (χ4n) is 3.26. The molecular formula is C20H16Br2F4O. The average Bonchev–Trinajstić information content (AvgIpc) is 2.51. The highest BCUT2D eigenvalue weighted by Crippen LogP contribution is 2.48. The highest BCUT2D eigenvalue weighted by Gasteiger charge is 2.46. The highest BCUT2D eigenvalue weighted by molar-refractivity contribution is 9.10. The Morgan fingerprint density at radius 2 is 1.26 bits per heavy atom. The third kappa shape index (κ3) is 4.99. The molecule has 2 aliphatic carbocycles. The molecule has 2 saturated carbocycles. The highest BCUT2D eigenvalue weighted by atomic mass is 79.9. The van der Waals surface area contributed by atoms with Crippen LogP contribution < -0.4 is 0 Å². The predicted molar refractivity (Wildman–Crippen MR) is 102 cm³/mol. The van der Waals surface area contributed by atoms with Crippen LogP contribution in [0.4, 0.5) is 17.6 Å². The Bertz CT molecular complexity index is 853. The number of benzene rings is 2. The molecule has 0 unspecified atom stereocenters. The van der Waals surface area contributed by atoms with Crippen LogP contribution in [0.3, 0.4) is 0 Å². The van der Waals surface area contributed by atoms with Crippen molar-refractivity contribution < 1.29 is 22.4 Å². The van der Waals surface area contributed by atoms with Gasteiger partial charge in [0.2, 0.25) is 5.92 Å². The molecule has 0 spiro atoms. The zero-order valence-corrected chi connectivity index (χ0v) is 17.3. The lowest BCUT2D eigenvalue weighted by atomic mass is 9.76. The summed E-state index contributed by atoms with van der Waals surface area (Å²) in [5.74, 6) is -3.19. The molecule has 0 N–H and O–H groups in total. The topological polar surface area (TPSA) is 17.1 Å². The molecule has 0 saturated heterocycles. The van der Waals surface area contributed by atoms with Gasteiger partial charge in [0.25, 0.3) is 0 Å². The van der Waals surface area contributed by atoms with Gasteiger partial charge in [0.05, 0.1) is 0 Å². The van der Waals surface area contributed by atoms with E-state index in [4.69, 9.17) is 0 Å². The van der Waals surface area contributed by atoms with Gasteiger partial charge in [-0.15, -0.1) is 0 Å². The first-order valence-electron chi connectivity index (χ1n) is 8.44. The molecule has 2 aromatic rings. The van der Waals surface area contributed by atoms with Crippen molar-refractivity contribution in [1.82, 2.24) is 0 Å². The van der Waals surface area contributed by atoms with Crippen LogP contribution in [0, 0.1) is 11.6 Å². The first-order chi connectivity index (χ1) is 12.6. The molecule has 144 valence electrons. The number of hydrogen-bond donors (Lipinski definition) is 0. The van der Waals surface area contributed by atoms with Crippen LogP contribution >= 0.6 is 31.9 Å². The van der Waals surface area contributed by atoms with Gasteiger partial charge < -0.3 is 0 Å². The minimum absolute atomic E-state index is 0.112. The Morgan fingerprint density at radius 1 is 0.815 bits per heavy atom. The third-order valence-corrected chi connectivity index (χ3v) is 5.83. The first kappa shape index (κ1) is 20.5. The molecule has 0 aromatic heterocycles. The number of ketones is 1. The van der Waals surface area contributed by atoms with E-state index in [1.807, 2.05) is 0 Å². The second-order valence-corrected chi connectivity index (χ2v) is 8.77. The SMILES string of the molecule is Fc1cc(Br)ccc1C1CC(F)(F)C1.O=C1CC(c2ccc(Br)cc2F)C1. The summed E-state index contributed by atoms with van der Waals surface area (Å²) < 4.78 is 53.1. The number of hydrogen-bond acceptors (Lipinski definition) is 1. The van der Waals surface area contributed by atoms with E-state index in [9.17, 15) is 22.4 Å². The van der Waals surface area contributed by atoms with Crippen molar-refractivity contribution in [3.8, 4) is 0 Å². The van der Waals surface area contributed by atoms with Gasteiger partial charge in [0.15, 0.2) is 0 Å². The molecule has 2 aliphatic rings. The number of Topliss-reactive ketones (excluding diaryl/α,β-unsaturated/α-hetero) is 1. The van der Waals surface area contributed by atoms with Gasteiger partial charge in [0, 0.05) is 40.5 Å². The van der Waals surface area contributed by atoms with Gasteiger partial charge in [-0.25, -0.2) is 17.6 Å². The summed E-state index contributed by atoms with van der Waals surface area (Å²) in [6, 6.07) is 9.55. The summed E-state index contributed by atoms with van der Waals surface area (Å²) in [6.45, 7) is 0. The smallest absolute Gasteiger partial charge is 0.249 e. The van der Waals surface area contributed by atoms with Crippen molar-refractivity contribution in [3.63, 3.8) is 0 Å². The molecule has 0 bridgehead atoms. The molecule has 0 atom stereocenters. The first-order valence-corrected chi connectivity index (χ1v) is 10.0. The lowest BCUT2D eigenvalue weighted by molar-refractivity contribution is -0.124. The van der Waals surface area contributed by atoms with Crippen LogP contribution in [0.1, 0.15) is 48.6 Å². The van der Waals surface area contributed by atoms with E-state index < -0.39 is 11.7 Å². The predicted octanol–water partition coefficient (Wildman–Crippen LogP) is 7.14. The van der Waals surface area contributed by atoms with E-state index in [0.29, 0.717) is 28.4 Å². The lowest BCUT2D eigenvalue weighted by Crippen LogP contribution is -2.34. The largest absolute Gasteiger partial charge is 0.300 e. The van der Waals surface area contributed by atoms with Crippen molar-refractivity contribution in [1.29, 1.82) is 0 Å². The van der Waals surface area contributed by atoms with Crippen molar-refractivity contribution in [2.75, 3.05) is 0 Å². The Kier molecular flexibility index (Phi) is 6.11. The van der Waals surface area contributed by atoms with E-state index in [1.165, 1.54) is 12.1 Å². The molecule has 27 heavy (non-hydrogen) atoms. The lowest BCUT2D eigenvalue weighted by Gasteiger charge is -2.35. The van der Waals surface area contributed by atoms with Gasteiger partial charge in [-0.1, -0.05) is 44.0 Å². The van der Waals surface area contributed by atoms with Crippen LogP contribution in [0.2, 0.25) is 0 Å². The average molecular weight is 508 g/mol. The summed E-state index contributed by atoms with van der Waals surface area (Å²) >= 11 is 6.31. The second-order valence-electron chi connectivity index (χ2n) is 6.94. The fourth-order valence-corrected chi connectivity index (χ4v) is 3.92. The summed E-state index contributed by atoms with van der Waals surface area (Å²) in [5.41, 5.74) is 1.07. The Balaban J connectivity index is 0.000000156. The molecule has 4 rings (SSSR count). The number of carbonyl (C=O) groups is 1. The molecular weight excluding hydrogens is 492 g/mol. The van der Waals surface area contributed by atoms with Crippen LogP contribution in [-0.4, -0.2) is 11.7 Å². The van der Waals surface area contributed by atoms with Gasteiger partial charge in [-0.3, -0.25) is 4.79 Å². The molecule has 0 heterocycles. The normalized spacial score (nSPS) is 19.0. The molecule has 0 radical (unpaired) electrons. The minimum Gasteiger partial charge on any atom is -0.300 e. The summed E-state index contributed by atoms with van der Waals surface area (Å²) in [6.07, 6.45) is 0.536. The monoisotopic (exact) mass is 506 g/mol. The third-order valence-electron chi connectivity index (χ3n) is 4.84. The quantitative estimate of drug-likeness (QED) is 0.395. The standard InChI is InChI=1S/C10H8BrF3.C10H8BrFO/c11-7-1-2-8(9(12)3-7)6-4-10(13,14)5-6;11-7-1-2-9(10(12)5-7)6-3-8(13)4-6/h1-3,6H,4-5H2;1-2,5-6H,3-4H2. The molecule has 7 heteroatoms. The van der Waals surface area contributed by atoms with Gasteiger partial charge in [-0.05, 0) is 41.3 Å². The Hall–Kier alpha value is -1.21. The van der Waals surface area contributed by atoms with E-state index in [-0.39, 0.29) is 36.3 Å². The number of alkyl halides is 2. The second kappa shape index (κ2) is 8.03. The van der Waals surface area contributed by atoms with Crippen molar-refractivity contribution >= 4 is 37.6 Å². The van der Waals surface area contributed by atoms with Gasteiger partial charge in [0.1, 0.15) is 17.4 Å². The maximum atomic E-state index is 13.3. The molecule has 2 fully saturated rings. The fraction of sp³-hybridized carbons (Fsp3) is 0.350. The van der Waals surface area contributed by atoms with Gasteiger partial charge in [-0.2, -0.15) is 0 Å². The van der Waals surface area contributed by atoms with Crippen molar-refractivity contribution in [2.24, 2.45) is 0 Å². The van der Waals surface area contributed by atoms with Crippen LogP contribution in [0.15, 0.2) is 45.3 Å². The van der Waals surface area contributed by atoms with Crippen molar-refractivity contribution in [2.45, 2.75) is 43.4 Å². The summed E-state index contributed by atoms with van der Waals surface area (Å²) in [4.78, 5) is 10.7. The summed E-state index contributed by atoms with van der Waals surface area (Å²) in [5, 5.41) is 0. The van der Waals surface area contributed by atoms with Crippen molar-refractivity contribution in [3.05, 3.63) is 68.1 Å². The van der Waals surface area contributed by atoms with Crippen LogP contribution in [0.25, 0.3) is 0 Å². The minimum atomic E-state index is -2.59. The maximum absolute atomic E-state index is 13.3. The number of halogens is 6. The van der Waals surface area contributed by atoms with E-state index in [1.54, 1.807) is 24.3 Å².